The van der Waals surface area contributed by atoms with Crippen molar-refractivity contribution in [3.63, 3.8) is 0 Å². The fraction of sp³-hybridized carbons (Fsp3) is 0.400. The van der Waals surface area contributed by atoms with Crippen LogP contribution in [0.2, 0.25) is 0 Å². The average Bonchev–Trinajstić information content (AvgIpc) is 3.24. The topological polar surface area (TPSA) is 107 Å². The van der Waals surface area contributed by atoms with Crippen LogP contribution in [0.3, 0.4) is 0 Å². The molecule has 3 N–H and O–H groups in total. The maximum Gasteiger partial charge on any atom is 0.311 e. The molecule has 0 radical (unpaired) electrons. The molecule has 0 bridgehead atoms. The predicted molar refractivity (Wildman–Crippen MR) is 116 cm³/mol. The summed E-state index contributed by atoms with van der Waals surface area (Å²) in [6.45, 7) is 4.33. The number of hydrogen-bond donors (Lipinski definition) is 2. The van der Waals surface area contributed by atoms with E-state index < -0.39 is 0 Å². The molecule has 9 heteroatoms. The Kier molecular flexibility index (Phi) is 5.51. The summed E-state index contributed by atoms with van der Waals surface area (Å²) >= 11 is 2.57. The first-order valence-corrected chi connectivity index (χ1v) is 11.3. The summed E-state index contributed by atoms with van der Waals surface area (Å²) in [5, 5.41) is 5.78. The fourth-order valence-corrected chi connectivity index (χ4v) is 5.20. The van der Waals surface area contributed by atoms with Crippen LogP contribution in [0.4, 0.5) is 10.8 Å². The zero-order valence-corrected chi connectivity index (χ0v) is 17.9. The second kappa shape index (κ2) is 8.08. The van der Waals surface area contributed by atoms with Crippen LogP contribution in [-0.2, 0) is 28.8 Å². The highest BCUT2D eigenvalue weighted by Gasteiger charge is 2.23. The Hall–Kier alpha value is -2.52. The standard InChI is InChI=1S/C20H22N4O3S2/c1-3-27-15(25)8-12-9-28-20(22-12)24-18(26)17-16(21)13-7-11-6-10(2)4-5-14(11)23-19(13)29-17/h7,9-10H,3-6,8,21H2,1-2H3,(H,22,24,26). The molecule has 0 aliphatic heterocycles. The number of nitrogen functional groups attached to an aromatic ring is 1. The molecule has 3 heterocycles. The third kappa shape index (κ3) is 4.11. The molecule has 4 rings (SSSR count). The number of aryl methyl sites for hydroxylation is 1. The number of fused-ring (bicyclic) bond motifs is 2. The Morgan fingerprint density at radius 3 is 3.00 bits per heavy atom. The van der Waals surface area contributed by atoms with Crippen LogP contribution in [0.25, 0.3) is 10.2 Å². The molecule has 1 aliphatic rings. The largest absolute Gasteiger partial charge is 0.466 e. The van der Waals surface area contributed by atoms with Crippen molar-refractivity contribution in [3.05, 3.63) is 33.3 Å². The second-order valence-electron chi connectivity index (χ2n) is 7.22. The molecule has 3 aromatic heterocycles. The van der Waals surface area contributed by atoms with Crippen molar-refractivity contribution >= 4 is 55.6 Å². The summed E-state index contributed by atoms with van der Waals surface area (Å²) < 4.78 is 4.92. The van der Waals surface area contributed by atoms with Crippen LogP contribution in [0.15, 0.2) is 11.4 Å². The number of amides is 1. The number of nitrogens with two attached hydrogens (primary N) is 1. The van der Waals surface area contributed by atoms with Gasteiger partial charge in [-0.1, -0.05) is 6.92 Å². The molecular formula is C20H22N4O3S2. The summed E-state index contributed by atoms with van der Waals surface area (Å²) in [6, 6.07) is 2.09. The van der Waals surface area contributed by atoms with E-state index in [-0.39, 0.29) is 18.3 Å². The molecule has 0 saturated heterocycles. The number of nitrogens with zero attached hydrogens (tertiary/aromatic N) is 2. The number of nitrogens with one attached hydrogen (secondary N) is 1. The molecule has 1 atom stereocenters. The Morgan fingerprint density at radius 1 is 1.38 bits per heavy atom. The number of carbonyl (C=O) groups excluding carboxylic acids is 2. The molecule has 0 spiro atoms. The van der Waals surface area contributed by atoms with Crippen molar-refractivity contribution in [2.75, 3.05) is 17.7 Å². The van der Waals surface area contributed by atoms with E-state index in [1.807, 2.05) is 0 Å². The van der Waals surface area contributed by atoms with E-state index in [1.165, 1.54) is 28.2 Å². The Morgan fingerprint density at radius 2 is 2.21 bits per heavy atom. The van der Waals surface area contributed by atoms with Gasteiger partial charge in [-0.15, -0.1) is 22.7 Å². The molecule has 1 aliphatic carbocycles. The number of aromatic nitrogens is 2. The van der Waals surface area contributed by atoms with Crippen molar-refractivity contribution in [1.82, 2.24) is 9.97 Å². The summed E-state index contributed by atoms with van der Waals surface area (Å²) in [7, 11) is 0. The zero-order valence-electron chi connectivity index (χ0n) is 16.3. The van der Waals surface area contributed by atoms with Crippen molar-refractivity contribution in [2.24, 2.45) is 5.92 Å². The van der Waals surface area contributed by atoms with Gasteiger partial charge in [0.1, 0.15) is 9.71 Å². The SMILES string of the molecule is CCOC(=O)Cc1csc(NC(=O)c2sc3nc4c(cc3c2N)CC(C)CC4)n1. The Balaban J connectivity index is 1.54. The van der Waals surface area contributed by atoms with Gasteiger partial charge in [0, 0.05) is 16.5 Å². The molecule has 7 nitrogen and oxygen atoms in total. The minimum Gasteiger partial charge on any atom is -0.466 e. The molecule has 0 saturated carbocycles. The number of ether oxygens (including phenoxy) is 1. The maximum atomic E-state index is 12.8. The lowest BCUT2D eigenvalue weighted by Gasteiger charge is -2.20. The lowest BCUT2D eigenvalue weighted by molar-refractivity contribution is -0.142. The zero-order chi connectivity index (χ0) is 20.5. The lowest BCUT2D eigenvalue weighted by Crippen LogP contribution is -2.13. The smallest absolute Gasteiger partial charge is 0.311 e. The Bertz CT molecular complexity index is 1090. The van der Waals surface area contributed by atoms with Crippen LogP contribution in [0.1, 0.15) is 46.9 Å². The van der Waals surface area contributed by atoms with Crippen molar-refractivity contribution in [3.8, 4) is 0 Å². The van der Waals surface area contributed by atoms with Crippen LogP contribution in [0, 0.1) is 5.92 Å². The fourth-order valence-electron chi connectivity index (χ4n) is 3.50. The minimum absolute atomic E-state index is 0.0825. The monoisotopic (exact) mass is 430 g/mol. The second-order valence-corrected chi connectivity index (χ2v) is 9.08. The van der Waals surface area contributed by atoms with Gasteiger partial charge in [0.25, 0.3) is 5.91 Å². The maximum absolute atomic E-state index is 12.8. The minimum atomic E-state index is -0.339. The van der Waals surface area contributed by atoms with Gasteiger partial charge in [0.15, 0.2) is 5.13 Å². The van der Waals surface area contributed by atoms with E-state index in [2.05, 4.69) is 23.3 Å². The molecule has 29 heavy (non-hydrogen) atoms. The highest BCUT2D eigenvalue weighted by molar-refractivity contribution is 7.21. The highest BCUT2D eigenvalue weighted by atomic mass is 32.1. The van der Waals surface area contributed by atoms with Gasteiger partial charge in [0.2, 0.25) is 0 Å². The number of esters is 1. The summed E-state index contributed by atoms with van der Waals surface area (Å²) in [5.74, 6) is -0.0132. The number of hydrogen-bond acceptors (Lipinski definition) is 8. The highest BCUT2D eigenvalue weighted by Crippen LogP contribution is 2.36. The van der Waals surface area contributed by atoms with Crippen LogP contribution in [0.5, 0.6) is 0 Å². The van der Waals surface area contributed by atoms with Crippen LogP contribution in [-0.4, -0.2) is 28.5 Å². The first-order valence-electron chi connectivity index (χ1n) is 9.56. The average molecular weight is 431 g/mol. The van der Waals surface area contributed by atoms with Gasteiger partial charge < -0.3 is 10.5 Å². The number of carbonyl (C=O) groups is 2. The molecule has 152 valence electrons. The Labute approximate surface area is 176 Å². The lowest BCUT2D eigenvalue weighted by atomic mass is 9.87. The van der Waals surface area contributed by atoms with Gasteiger partial charge in [0.05, 0.1) is 24.4 Å². The number of thiazole rings is 1. The predicted octanol–water partition coefficient (Wildman–Crippen LogP) is 3.82. The normalized spacial score (nSPS) is 15.9. The van der Waals surface area contributed by atoms with Crippen LogP contribution >= 0.6 is 22.7 Å². The molecule has 0 aromatic carbocycles. The van der Waals surface area contributed by atoms with Gasteiger partial charge in [-0.3, -0.25) is 14.9 Å². The molecule has 3 aromatic rings. The first-order chi connectivity index (χ1) is 13.9. The van der Waals surface area contributed by atoms with Gasteiger partial charge in [-0.25, -0.2) is 9.97 Å². The summed E-state index contributed by atoms with van der Waals surface area (Å²) in [6.07, 6.45) is 3.18. The third-order valence-electron chi connectivity index (χ3n) is 4.94. The number of rotatable bonds is 5. The summed E-state index contributed by atoms with van der Waals surface area (Å²) in [4.78, 5) is 34.6. The van der Waals surface area contributed by atoms with E-state index in [1.54, 1.807) is 12.3 Å². The van der Waals surface area contributed by atoms with Gasteiger partial charge >= 0.3 is 5.97 Å². The number of anilines is 2. The number of thiophene rings is 1. The van der Waals surface area contributed by atoms with E-state index in [4.69, 9.17) is 15.5 Å². The van der Waals surface area contributed by atoms with E-state index >= 15 is 0 Å². The molecule has 1 unspecified atom stereocenters. The molecule has 1 amide bonds. The van der Waals surface area contributed by atoms with Crippen molar-refractivity contribution < 1.29 is 14.3 Å². The van der Waals surface area contributed by atoms with Crippen molar-refractivity contribution in [2.45, 2.75) is 39.5 Å². The van der Waals surface area contributed by atoms with Gasteiger partial charge in [-0.2, -0.15) is 0 Å². The molecular weight excluding hydrogens is 408 g/mol. The van der Waals surface area contributed by atoms with E-state index in [0.29, 0.717) is 33.9 Å². The first kappa shape index (κ1) is 19.8. The third-order valence-corrected chi connectivity index (χ3v) is 6.86. The number of pyridine rings is 1. The van der Waals surface area contributed by atoms with Crippen molar-refractivity contribution in [1.29, 1.82) is 0 Å². The van der Waals surface area contributed by atoms with E-state index in [9.17, 15) is 9.59 Å². The quantitative estimate of drug-likeness (QED) is 0.596. The van der Waals surface area contributed by atoms with Gasteiger partial charge in [-0.05, 0) is 43.7 Å². The summed E-state index contributed by atoms with van der Waals surface area (Å²) in [5.41, 5.74) is 9.67. The molecule has 0 fully saturated rings. The van der Waals surface area contributed by atoms with Crippen LogP contribution < -0.4 is 11.1 Å². The van der Waals surface area contributed by atoms with E-state index in [0.717, 1.165) is 35.2 Å².